The van der Waals surface area contributed by atoms with Gasteiger partial charge in [0.05, 0.1) is 44.2 Å². The molecule has 20 heavy (non-hydrogen) atoms. The maximum Gasteiger partial charge on any atom is 0.101 e. The Bertz CT molecular complexity index is 238. The average molecular weight is 357 g/mol. The highest BCUT2D eigenvalue weighted by Crippen LogP contribution is 2.14. The second-order valence-corrected chi connectivity index (χ2v) is 6.22. The largest absolute Gasteiger partial charge is 0.390 e. The quantitative estimate of drug-likeness (QED) is 0.521. The van der Waals surface area contributed by atoms with Crippen LogP contribution in [0.3, 0.4) is 0 Å². The second-order valence-electron chi connectivity index (χ2n) is 5.57. The van der Waals surface area contributed by atoms with E-state index in [2.05, 4.69) is 22.9 Å². The van der Waals surface area contributed by atoms with Gasteiger partial charge in [-0.15, -0.1) is 0 Å². The van der Waals surface area contributed by atoms with Crippen LogP contribution in [0.4, 0.5) is 0 Å². The Morgan fingerprint density at radius 3 is 2.20 bits per heavy atom. The third-order valence-electron chi connectivity index (χ3n) is 2.93. The predicted molar refractivity (Wildman–Crippen MR) is 82.4 cm³/mol. The highest BCUT2D eigenvalue weighted by Gasteiger charge is 2.17. The molecular formula is C14H29BrO5. The minimum Gasteiger partial charge on any atom is -0.390 e. The van der Waals surface area contributed by atoms with Crippen molar-refractivity contribution in [3.05, 3.63) is 0 Å². The van der Waals surface area contributed by atoms with Gasteiger partial charge in [0.2, 0.25) is 0 Å². The van der Waals surface area contributed by atoms with Crippen molar-refractivity contribution in [2.45, 2.75) is 58.0 Å². The summed E-state index contributed by atoms with van der Waals surface area (Å²) < 4.78 is 16.4. The molecule has 122 valence electrons. The molecule has 0 aliphatic rings. The van der Waals surface area contributed by atoms with Gasteiger partial charge in [-0.3, -0.25) is 0 Å². The molecule has 0 saturated heterocycles. The maximum atomic E-state index is 9.67. The molecule has 3 unspecified atom stereocenters. The molecule has 0 bridgehead atoms. The summed E-state index contributed by atoms with van der Waals surface area (Å²) in [7, 11) is 0. The average Bonchev–Trinajstić information content (AvgIpc) is 2.42. The summed E-state index contributed by atoms with van der Waals surface area (Å²) in [5.74, 6) is 0. The summed E-state index contributed by atoms with van der Waals surface area (Å²) in [6, 6.07) is 0. The van der Waals surface area contributed by atoms with E-state index in [-0.39, 0.29) is 31.5 Å². The number of hydrogen-bond donors (Lipinski definition) is 2. The van der Waals surface area contributed by atoms with Gasteiger partial charge in [0.1, 0.15) is 6.10 Å². The Kier molecular flexibility index (Phi) is 11.1. The number of ether oxygens (including phenoxy) is 3. The van der Waals surface area contributed by atoms with Crippen LogP contribution < -0.4 is 0 Å². The Morgan fingerprint density at radius 1 is 1.05 bits per heavy atom. The topological polar surface area (TPSA) is 68.2 Å². The van der Waals surface area contributed by atoms with Gasteiger partial charge >= 0.3 is 0 Å². The molecule has 0 saturated carbocycles. The molecular weight excluding hydrogens is 328 g/mol. The first kappa shape index (κ1) is 20.3. The van der Waals surface area contributed by atoms with Gasteiger partial charge in [-0.2, -0.15) is 0 Å². The van der Waals surface area contributed by atoms with Crippen molar-refractivity contribution in [2.24, 2.45) is 0 Å². The normalized spacial score (nSPS) is 16.9. The standard InChI is InChI=1S/C14H29BrO5/c1-5-14(3,4)20-7-11(2)19-10-13(17)9-18-8-12(16)6-15/h11-13,16-17H,5-10H2,1-4H3. The molecule has 0 aromatic heterocycles. The zero-order valence-electron chi connectivity index (χ0n) is 13.0. The van der Waals surface area contributed by atoms with Gasteiger partial charge in [0, 0.05) is 5.33 Å². The first-order valence-corrected chi connectivity index (χ1v) is 8.18. The van der Waals surface area contributed by atoms with Gasteiger partial charge < -0.3 is 24.4 Å². The van der Waals surface area contributed by atoms with Crippen molar-refractivity contribution >= 4 is 15.9 Å². The molecule has 0 rings (SSSR count). The van der Waals surface area contributed by atoms with E-state index in [9.17, 15) is 10.2 Å². The Morgan fingerprint density at radius 2 is 1.65 bits per heavy atom. The van der Waals surface area contributed by atoms with E-state index in [4.69, 9.17) is 14.2 Å². The minimum atomic E-state index is -0.695. The van der Waals surface area contributed by atoms with Gasteiger partial charge in [-0.25, -0.2) is 0 Å². The van der Waals surface area contributed by atoms with E-state index in [1.54, 1.807) is 0 Å². The molecule has 5 nitrogen and oxygen atoms in total. The molecule has 6 heteroatoms. The van der Waals surface area contributed by atoms with Crippen LogP contribution in [-0.4, -0.2) is 65.9 Å². The molecule has 0 fully saturated rings. The van der Waals surface area contributed by atoms with Crippen molar-refractivity contribution in [3.63, 3.8) is 0 Å². The van der Waals surface area contributed by atoms with Crippen LogP contribution in [0, 0.1) is 0 Å². The molecule has 0 aliphatic carbocycles. The highest BCUT2D eigenvalue weighted by atomic mass is 79.9. The van der Waals surface area contributed by atoms with Crippen LogP contribution in [0.15, 0.2) is 0 Å². The minimum absolute atomic E-state index is 0.0800. The first-order valence-electron chi connectivity index (χ1n) is 7.06. The van der Waals surface area contributed by atoms with Crippen molar-refractivity contribution in [1.82, 2.24) is 0 Å². The fourth-order valence-corrected chi connectivity index (χ4v) is 1.39. The van der Waals surface area contributed by atoms with Crippen molar-refractivity contribution in [1.29, 1.82) is 0 Å². The lowest BCUT2D eigenvalue weighted by molar-refractivity contribution is -0.0980. The van der Waals surface area contributed by atoms with Crippen LogP contribution >= 0.6 is 15.9 Å². The first-order chi connectivity index (χ1) is 9.30. The lowest BCUT2D eigenvalue weighted by Gasteiger charge is -2.26. The summed E-state index contributed by atoms with van der Waals surface area (Å²) in [5, 5.41) is 19.4. The van der Waals surface area contributed by atoms with E-state index >= 15 is 0 Å². The molecule has 0 aliphatic heterocycles. The van der Waals surface area contributed by atoms with Crippen LogP contribution in [0.1, 0.15) is 34.1 Å². The Hall–Kier alpha value is 0.280. The molecule has 0 amide bonds. The zero-order chi connectivity index (χ0) is 15.6. The van der Waals surface area contributed by atoms with E-state index in [1.165, 1.54) is 0 Å². The third kappa shape index (κ3) is 11.0. The van der Waals surface area contributed by atoms with Crippen molar-refractivity contribution in [3.8, 4) is 0 Å². The summed E-state index contributed by atoms with van der Waals surface area (Å²) >= 11 is 3.14. The van der Waals surface area contributed by atoms with Gasteiger partial charge in [-0.1, -0.05) is 22.9 Å². The van der Waals surface area contributed by atoms with Crippen LogP contribution in [0.5, 0.6) is 0 Å². The van der Waals surface area contributed by atoms with E-state index < -0.39 is 12.2 Å². The van der Waals surface area contributed by atoms with Gasteiger partial charge in [0.25, 0.3) is 0 Å². The van der Waals surface area contributed by atoms with Crippen LogP contribution in [0.2, 0.25) is 0 Å². The van der Waals surface area contributed by atoms with Crippen molar-refractivity contribution < 1.29 is 24.4 Å². The fraction of sp³-hybridized carbons (Fsp3) is 1.00. The molecule has 0 aromatic rings. The number of rotatable bonds is 12. The molecule has 0 spiro atoms. The number of hydrogen-bond acceptors (Lipinski definition) is 5. The lowest BCUT2D eigenvalue weighted by Crippen LogP contribution is -2.31. The van der Waals surface area contributed by atoms with E-state index in [0.29, 0.717) is 11.9 Å². The summed E-state index contributed by atoms with van der Waals surface area (Å²) in [6.07, 6.45) is -0.388. The molecule has 2 N–H and O–H groups in total. The van der Waals surface area contributed by atoms with E-state index in [1.807, 2.05) is 20.8 Å². The molecule has 3 atom stereocenters. The zero-order valence-corrected chi connectivity index (χ0v) is 14.6. The summed E-state index contributed by atoms with van der Waals surface area (Å²) in [5.41, 5.74) is -0.148. The maximum absolute atomic E-state index is 9.67. The molecule has 0 aromatic carbocycles. The van der Waals surface area contributed by atoms with E-state index in [0.717, 1.165) is 6.42 Å². The SMILES string of the molecule is CCC(C)(C)OCC(C)OCC(O)COCC(O)CBr. The number of aliphatic hydroxyl groups is 2. The Balaban J connectivity index is 3.65. The van der Waals surface area contributed by atoms with Gasteiger partial charge in [0.15, 0.2) is 0 Å². The van der Waals surface area contributed by atoms with Gasteiger partial charge in [-0.05, 0) is 27.2 Å². The van der Waals surface area contributed by atoms with Crippen LogP contribution in [-0.2, 0) is 14.2 Å². The predicted octanol–water partition coefficient (Wildman–Crippen LogP) is 1.73. The lowest BCUT2D eigenvalue weighted by atomic mass is 10.1. The number of aliphatic hydroxyl groups excluding tert-OH is 2. The highest BCUT2D eigenvalue weighted by molar-refractivity contribution is 9.09. The smallest absolute Gasteiger partial charge is 0.101 e. The van der Waals surface area contributed by atoms with Crippen molar-refractivity contribution in [2.75, 3.05) is 31.8 Å². The summed E-state index contributed by atoms with van der Waals surface area (Å²) in [6.45, 7) is 9.11. The monoisotopic (exact) mass is 356 g/mol. The number of alkyl halides is 1. The molecule has 0 heterocycles. The Labute approximate surface area is 130 Å². The molecule has 0 radical (unpaired) electrons. The van der Waals surface area contributed by atoms with Crippen LogP contribution in [0.25, 0.3) is 0 Å². The fourth-order valence-electron chi connectivity index (χ4n) is 1.20. The number of halogens is 1. The second kappa shape index (κ2) is 10.9. The third-order valence-corrected chi connectivity index (χ3v) is 3.68. The summed E-state index contributed by atoms with van der Waals surface area (Å²) in [4.78, 5) is 0.